The van der Waals surface area contributed by atoms with Crippen LogP contribution in [-0.2, 0) is 11.3 Å². The van der Waals surface area contributed by atoms with Crippen molar-refractivity contribution in [1.82, 2.24) is 0 Å². The van der Waals surface area contributed by atoms with Crippen LogP contribution in [-0.4, -0.2) is 13.7 Å². The molecule has 0 aliphatic carbocycles. The molecule has 1 rings (SSSR count). The fraction of sp³-hybridized carbons (Fsp3) is 0.333. The quantitative estimate of drug-likeness (QED) is 0.787. The molecule has 5 heteroatoms. The molecule has 0 amide bonds. The normalized spacial score (nSPS) is 10.3. The maximum Gasteiger partial charge on any atom is 0.143 e. The van der Waals surface area contributed by atoms with Crippen LogP contribution in [0.2, 0.25) is 5.02 Å². The van der Waals surface area contributed by atoms with E-state index in [1.165, 1.54) is 19.2 Å². The van der Waals surface area contributed by atoms with Crippen LogP contribution in [0.5, 0.6) is 5.75 Å². The maximum atomic E-state index is 13.3. The van der Waals surface area contributed by atoms with Crippen LogP contribution < -0.4 is 10.6 Å². The summed E-state index contributed by atoms with van der Waals surface area (Å²) in [7, 11) is 1.44. The lowest BCUT2D eigenvalue weighted by molar-refractivity contribution is 0.140. The number of hydrogen-bond donors (Lipinski definition) is 1. The molecule has 3 nitrogen and oxygen atoms in total. The molecule has 1 aromatic carbocycles. The van der Waals surface area contributed by atoms with Crippen LogP contribution in [0.3, 0.4) is 0 Å². The molecule has 0 aromatic heterocycles. The maximum absolute atomic E-state index is 13.3. The van der Waals surface area contributed by atoms with Gasteiger partial charge in [0, 0.05) is 12.0 Å². The first-order chi connectivity index (χ1) is 6.70. The van der Waals surface area contributed by atoms with Crippen molar-refractivity contribution in [3.05, 3.63) is 28.5 Å². The molecule has 0 fully saturated rings. The van der Waals surface area contributed by atoms with Crippen molar-refractivity contribution in [3.63, 3.8) is 0 Å². The average molecular weight is 220 g/mol. The monoisotopic (exact) mass is 219 g/mol. The van der Waals surface area contributed by atoms with E-state index < -0.39 is 0 Å². The van der Waals surface area contributed by atoms with Crippen LogP contribution >= 0.6 is 11.6 Å². The fourth-order valence-electron chi connectivity index (χ4n) is 1.19. The highest BCUT2D eigenvalue weighted by Gasteiger charge is 2.12. The van der Waals surface area contributed by atoms with E-state index >= 15 is 0 Å². The predicted molar refractivity (Wildman–Crippen MR) is 51.8 cm³/mol. The first kappa shape index (κ1) is 11.2. The number of methoxy groups -OCH3 is 1. The Balaban J connectivity index is 3.03. The molecule has 0 radical (unpaired) electrons. The SMILES string of the molecule is COc1c(Cl)ccc(F)c1CCON. The molecule has 0 saturated carbocycles. The van der Waals surface area contributed by atoms with Crippen LogP contribution in [0.1, 0.15) is 5.56 Å². The van der Waals surface area contributed by atoms with E-state index in [2.05, 4.69) is 4.84 Å². The van der Waals surface area contributed by atoms with Crippen molar-refractivity contribution >= 4 is 11.6 Å². The van der Waals surface area contributed by atoms with Gasteiger partial charge in [0.25, 0.3) is 0 Å². The van der Waals surface area contributed by atoms with Gasteiger partial charge < -0.3 is 9.57 Å². The lowest BCUT2D eigenvalue weighted by Crippen LogP contribution is -2.06. The molecule has 78 valence electrons. The van der Waals surface area contributed by atoms with Crippen molar-refractivity contribution in [2.24, 2.45) is 5.90 Å². The summed E-state index contributed by atoms with van der Waals surface area (Å²) >= 11 is 5.82. The summed E-state index contributed by atoms with van der Waals surface area (Å²) in [6.45, 7) is 0.216. The lowest BCUT2D eigenvalue weighted by Gasteiger charge is -2.10. The van der Waals surface area contributed by atoms with Gasteiger partial charge in [0.05, 0.1) is 18.7 Å². The highest BCUT2D eigenvalue weighted by atomic mass is 35.5. The third kappa shape index (κ3) is 2.35. The Morgan fingerprint density at radius 3 is 2.79 bits per heavy atom. The van der Waals surface area contributed by atoms with Crippen molar-refractivity contribution < 1.29 is 14.0 Å². The minimum Gasteiger partial charge on any atom is -0.495 e. The molecule has 0 unspecified atom stereocenters. The van der Waals surface area contributed by atoms with Crippen LogP contribution in [0.15, 0.2) is 12.1 Å². The number of hydrogen-bond acceptors (Lipinski definition) is 3. The Morgan fingerprint density at radius 1 is 1.50 bits per heavy atom. The van der Waals surface area contributed by atoms with Gasteiger partial charge in [-0.05, 0) is 12.1 Å². The first-order valence-corrected chi connectivity index (χ1v) is 4.41. The van der Waals surface area contributed by atoms with Crippen LogP contribution in [0, 0.1) is 5.82 Å². The van der Waals surface area contributed by atoms with Gasteiger partial charge in [-0.1, -0.05) is 11.6 Å². The number of halogens is 2. The predicted octanol–water partition coefficient (Wildman–Crippen LogP) is 1.92. The van der Waals surface area contributed by atoms with E-state index in [1.807, 2.05) is 0 Å². The standard InChI is InChI=1S/C9H11ClFNO2/c1-13-9-6(4-5-14-12)8(11)3-2-7(9)10/h2-3H,4-5,12H2,1H3. The molecular weight excluding hydrogens is 209 g/mol. The zero-order chi connectivity index (χ0) is 10.6. The Morgan fingerprint density at radius 2 is 2.21 bits per heavy atom. The van der Waals surface area contributed by atoms with Gasteiger partial charge in [0.15, 0.2) is 0 Å². The Bertz CT molecular complexity index is 320. The summed E-state index contributed by atoms with van der Waals surface area (Å²) in [5.74, 6) is 4.82. The van der Waals surface area contributed by atoms with E-state index in [-0.39, 0.29) is 12.4 Å². The average Bonchev–Trinajstić information content (AvgIpc) is 2.19. The second kappa shape index (κ2) is 5.14. The summed E-state index contributed by atoms with van der Waals surface area (Å²) in [6.07, 6.45) is 0.325. The number of rotatable bonds is 4. The Hall–Kier alpha value is -0.840. The molecule has 0 atom stereocenters. The van der Waals surface area contributed by atoms with E-state index in [1.54, 1.807) is 0 Å². The summed E-state index contributed by atoms with van der Waals surface area (Å²) in [5.41, 5.74) is 0.380. The van der Waals surface area contributed by atoms with Gasteiger partial charge in [-0.25, -0.2) is 10.3 Å². The van der Waals surface area contributed by atoms with E-state index in [9.17, 15) is 4.39 Å². The molecule has 0 bridgehead atoms. The molecule has 0 saturated heterocycles. The summed E-state index contributed by atoms with van der Waals surface area (Å²) in [4.78, 5) is 4.37. The van der Waals surface area contributed by atoms with Gasteiger partial charge in [0.2, 0.25) is 0 Å². The van der Waals surface area contributed by atoms with E-state index in [4.69, 9.17) is 22.2 Å². The molecule has 0 heterocycles. The second-order valence-electron chi connectivity index (χ2n) is 2.66. The fourth-order valence-corrected chi connectivity index (χ4v) is 1.44. The molecule has 0 spiro atoms. The minimum absolute atomic E-state index is 0.216. The van der Waals surface area contributed by atoms with E-state index in [0.29, 0.717) is 22.8 Å². The van der Waals surface area contributed by atoms with Crippen LogP contribution in [0.25, 0.3) is 0 Å². The third-order valence-corrected chi connectivity index (χ3v) is 2.13. The molecule has 1 aromatic rings. The molecule has 0 aliphatic rings. The van der Waals surface area contributed by atoms with Crippen molar-refractivity contribution in [2.45, 2.75) is 6.42 Å². The van der Waals surface area contributed by atoms with Crippen molar-refractivity contribution in [1.29, 1.82) is 0 Å². The van der Waals surface area contributed by atoms with Gasteiger partial charge in [0.1, 0.15) is 11.6 Å². The number of benzene rings is 1. The summed E-state index contributed by atoms with van der Waals surface area (Å²) in [6, 6.07) is 2.74. The van der Waals surface area contributed by atoms with Crippen LogP contribution in [0.4, 0.5) is 4.39 Å². The number of ether oxygens (including phenoxy) is 1. The lowest BCUT2D eigenvalue weighted by atomic mass is 10.1. The van der Waals surface area contributed by atoms with Gasteiger partial charge in [-0.3, -0.25) is 0 Å². The third-order valence-electron chi connectivity index (χ3n) is 1.83. The Labute approximate surface area is 86.5 Å². The van der Waals surface area contributed by atoms with Gasteiger partial charge in [-0.2, -0.15) is 0 Å². The zero-order valence-corrected chi connectivity index (χ0v) is 8.47. The smallest absolute Gasteiger partial charge is 0.143 e. The van der Waals surface area contributed by atoms with Gasteiger partial charge >= 0.3 is 0 Å². The largest absolute Gasteiger partial charge is 0.495 e. The summed E-state index contributed by atoms with van der Waals surface area (Å²) < 4.78 is 18.3. The second-order valence-corrected chi connectivity index (χ2v) is 3.07. The van der Waals surface area contributed by atoms with E-state index in [0.717, 1.165) is 0 Å². The Kier molecular flexibility index (Phi) is 4.13. The summed E-state index contributed by atoms with van der Waals surface area (Å²) in [5, 5.41) is 0.376. The topological polar surface area (TPSA) is 44.5 Å². The van der Waals surface area contributed by atoms with Gasteiger partial charge in [-0.15, -0.1) is 0 Å². The molecule has 2 N–H and O–H groups in total. The van der Waals surface area contributed by atoms with Crippen molar-refractivity contribution in [3.8, 4) is 5.75 Å². The highest BCUT2D eigenvalue weighted by molar-refractivity contribution is 6.32. The number of nitrogens with two attached hydrogens (primary N) is 1. The van der Waals surface area contributed by atoms with Crippen molar-refractivity contribution in [2.75, 3.05) is 13.7 Å². The molecule has 14 heavy (non-hydrogen) atoms. The first-order valence-electron chi connectivity index (χ1n) is 4.03. The minimum atomic E-state index is -0.372. The highest BCUT2D eigenvalue weighted by Crippen LogP contribution is 2.30. The zero-order valence-electron chi connectivity index (χ0n) is 7.72. The molecular formula is C9H11ClFNO2. The molecule has 0 aliphatic heterocycles.